The van der Waals surface area contributed by atoms with Crippen LogP contribution in [-0.4, -0.2) is 29.0 Å². The summed E-state index contributed by atoms with van der Waals surface area (Å²) >= 11 is 1.63. The van der Waals surface area contributed by atoms with Gasteiger partial charge >= 0.3 is 5.97 Å². The van der Waals surface area contributed by atoms with Gasteiger partial charge in [-0.25, -0.2) is 4.79 Å². The van der Waals surface area contributed by atoms with Gasteiger partial charge in [0.15, 0.2) is 0 Å². The van der Waals surface area contributed by atoms with Gasteiger partial charge in [-0.05, 0) is 30.0 Å². The van der Waals surface area contributed by atoms with Crippen molar-refractivity contribution in [1.82, 2.24) is 0 Å². The van der Waals surface area contributed by atoms with Gasteiger partial charge in [0.1, 0.15) is 0 Å². The molecular formula is C13H15NO3S. The first kappa shape index (κ1) is 14.3. The van der Waals surface area contributed by atoms with Gasteiger partial charge in [0, 0.05) is 23.9 Å². The monoisotopic (exact) mass is 265 g/mol. The Morgan fingerprint density at radius 2 is 2.00 bits per heavy atom. The van der Waals surface area contributed by atoms with Gasteiger partial charge in [-0.15, -0.1) is 0 Å². The molecule has 0 aliphatic rings. The van der Waals surface area contributed by atoms with Gasteiger partial charge in [0.2, 0.25) is 5.91 Å². The zero-order valence-corrected chi connectivity index (χ0v) is 10.9. The number of carboxylic acid groups (broad SMARTS) is 1. The number of rotatable bonds is 6. The summed E-state index contributed by atoms with van der Waals surface area (Å²) in [6.07, 6.45) is 5.02. The number of benzene rings is 1. The number of nitrogens with one attached hydrogen (secondary N) is 1. The number of amides is 1. The summed E-state index contributed by atoms with van der Waals surface area (Å²) in [5, 5.41) is 11.3. The van der Waals surface area contributed by atoms with Crippen molar-refractivity contribution in [2.75, 3.05) is 17.3 Å². The summed E-state index contributed by atoms with van der Waals surface area (Å²) in [6.45, 7) is 0. The molecule has 0 aliphatic carbocycles. The third-order valence-electron chi connectivity index (χ3n) is 2.15. The quantitative estimate of drug-likeness (QED) is 0.775. The lowest BCUT2D eigenvalue weighted by Gasteiger charge is -2.04. The lowest BCUT2D eigenvalue weighted by Crippen LogP contribution is -2.11. The van der Waals surface area contributed by atoms with Crippen LogP contribution in [0.3, 0.4) is 0 Å². The molecule has 0 heterocycles. The van der Waals surface area contributed by atoms with Gasteiger partial charge in [-0.2, -0.15) is 11.8 Å². The van der Waals surface area contributed by atoms with Gasteiger partial charge in [0.25, 0.3) is 0 Å². The van der Waals surface area contributed by atoms with Crippen LogP contribution < -0.4 is 5.32 Å². The first-order valence-electron chi connectivity index (χ1n) is 5.41. The Morgan fingerprint density at radius 3 is 2.56 bits per heavy atom. The van der Waals surface area contributed by atoms with Crippen LogP contribution in [0.15, 0.2) is 30.3 Å². The largest absolute Gasteiger partial charge is 0.478 e. The fourth-order valence-electron chi connectivity index (χ4n) is 1.26. The second-order valence-corrected chi connectivity index (χ2v) is 4.57. The molecule has 0 aromatic heterocycles. The van der Waals surface area contributed by atoms with E-state index in [0.29, 0.717) is 12.1 Å². The van der Waals surface area contributed by atoms with E-state index in [2.05, 4.69) is 5.32 Å². The third-order valence-corrected chi connectivity index (χ3v) is 2.76. The molecule has 18 heavy (non-hydrogen) atoms. The Bertz CT molecular complexity index is 440. The number of thioether (sulfide) groups is 1. The third kappa shape index (κ3) is 5.54. The summed E-state index contributed by atoms with van der Waals surface area (Å²) in [7, 11) is 0. The molecule has 0 bridgehead atoms. The number of hydrogen-bond donors (Lipinski definition) is 2. The Kier molecular flexibility index (Phi) is 6.00. The van der Waals surface area contributed by atoms with Gasteiger partial charge in [0.05, 0.1) is 0 Å². The van der Waals surface area contributed by atoms with Crippen LogP contribution >= 0.6 is 11.8 Å². The Labute approximate surface area is 110 Å². The summed E-state index contributed by atoms with van der Waals surface area (Å²) in [4.78, 5) is 21.8. The highest BCUT2D eigenvalue weighted by molar-refractivity contribution is 7.98. The SMILES string of the molecule is CSCCC(=O)Nc1ccc(/C=C/C(=O)O)cc1. The molecule has 2 N–H and O–H groups in total. The minimum Gasteiger partial charge on any atom is -0.478 e. The summed E-state index contributed by atoms with van der Waals surface area (Å²) in [6, 6.07) is 7.00. The van der Waals surface area contributed by atoms with Crippen molar-refractivity contribution < 1.29 is 14.7 Å². The fraction of sp³-hybridized carbons (Fsp3) is 0.231. The standard InChI is InChI=1S/C13H15NO3S/c1-18-9-8-12(15)14-11-5-2-10(3-6-11)4-7-13(16)17/h2-7H,8-9H2,1H3,(H,14,15)(H,16,17)/b7-4+. The molecule has 5 heteroatoms. The highest BCUT2D eigenvalue weighted by atomic mass is 32.2. The van der Waals surface area contributed by atoms with E-state index in [1.54, 1.807) is 36.0 Å². The van der Waals surface area contributed by atoms with Crippen molar-refractivity contribution in [3.8, 4) is 0 Å². The van der Waals surface area contributed by atoms with Crippen molar-refractivity contribution in [2.24, 2.45) is 0 Å². The van der Waals surface area contributed by atoms with Crippen LogP contribution in [-0.2, 0) is 9.59 Å². The van der Waals surface area contributed by atoms with Crippen molar-refractivity contribution >= 4 is 35.4 Å². The lowest BCUT2D eigenvalue weighted by atomic mass is 10.2. The molecule has 1 aromatic rings. The van der Waals surface area contributed by atoms with E-state index in [4.69, 9.17) is 5.11 Å². The smallest absolute Gasteiger partial charge is 0.328 e. The number of hydrogen-bond acceptors (Lipinski definition) is 3. The van der Waals surface area contributed by atoms with Crippen molar-refractivity contribution in [3.05, 3.63) is 35.9 Å². The second-order valence-electron chi connectivity index (χ2n) is 3.58. The Hall–Kier alpha value is -1.75. The van der Waals surface area contributed by atoms with Crippen molar-refractivity contribution in [3.63, 3.8) is 0 Å². The molecule has 0 aliphatic heterocycles. The highest BCUT2D eigenvalue weighted by Crippen LogP contribution is 2.11. The predicted octanol–water partition coefficient (Wildman–Crippen LogP) is 2.48. The number of carboxylic acids is 1. The molecule has 1 rings (SSSR count). The van der Waals surface area contributed by atoms with E-state index in [0.717, 1.165) is 17.4 Å². The molecular weight excluding hydrogens is 250 g/mol. The molecule has 1 aromatic carbocycles. The average molecular weight is 265 g/mol. The number of carbonyl (C=O) groups is 2. The van der Waals surface area contributed by atoms with E-state index in [-0.39, 0.29) is 5.91 Å². The van der Waals surface area contributed by atoms with Gasteiger partial charge in [-0.3, -0.25) is 4.79 Å². The molecule has 0 saturated heterocycles. The molecule has 0 unspecified atom stereocenters. The first-order chi connectivity index (χ1) is 8.61. The number of anilines is 1. The zero-order valence-electron chi connectivity index (χ0n) is 10.1. The van der Waals surface area contributed by atoms with Crippen LogP contribution in [0.1, 0.15) is 12.0 Å². The molecule has 0 saturated carbocycles. The topological polar surface area (TPSA) is 66.4 Å². The van der Waals surface area contributed by atoms with Gasteiger partial charge < -0.3 is 10.4 Å². The molecule has 0 spiro atoms. The summed E-state index contributed by atoms with van der Waals surface area (Å²) < 4.78 is 0. The maximum atomic E-state index is 11.5. The summed E-state index contributed by atoms with van der Waals surface area (Å²) in [5.41, 5.74) is 1.49. The van der Waals surface area contributed by atoms with Crippen LogP contribution in [0.5, 0.6) is 0 Å². The van der Waals surface area contributed by atoms with E-state index in [1.807, 2.05) is 6.26 Å². The van der Waals surface area contributed by atoms with Crippen molar-refractivity contribution in [2.45, 2.75) is 6.42 Å². The van der Waals surface area contributed by atoms with Crippen LogP contribution in [0.25, 0.3) is 6.08 Å². The Morgan fingerprint density at radius 1 is 1.33 bits per heavy atom. The van der Waals surface area contributed by atoms with Crippen LogP contribution in [0.2, 0.25) is 0 Å². The fourth-order valence-corrected chi connectivity index (χ4v) is 1.65. The second kappa shape index (κ2) is 7.55. The molecule has 0 atom stereocenters. The van der Waals surface area contributed by atoms with Gasteiger partial charge in [-0.1, -0.05) is 12.1 Å². The molecule has 0 radical (unpaired) electrons. The normalized spacial score (nSPS) is 10.5. The van der Waals surface area contributed by atoms with Crippen LogP contribution in [0.4, 0.5) is 5.69 Å². The molecule has 96 valence electrons. The highest BCUT2D eigenvalue weighted by Gasteiger charge is 2.01. The predicted molar refractivity (Wildman–Crippen MR) is 74.7 cm³/mol. The Balaban J connectivity index is 2.55. The molecule has 1 amide bonds. The zero-order chi connectivity index (χ0) is 13.4. The van der Waals surface area contributed by atoms with E-state index in [9.17, 15) is 9.59 Å². The molecule has 4 nitrogen and oxygen atoms in total. The maximum absolute atomic E-state index is 11.5. The van der Waals surface area contributed by atoms with E-state index >= 15 is 0 Å². The van der Waals surface area contributed by atoms with Crippen molar-refractivity contribution in [1.29, 1.82) is 0 Å². The number of carbonyl (C=O) groups excluding carboxylic acids is 1. The summed E-state index contributed by atoms with van der Waals surface area (Å²) in [5.74, 6) is -0.201. The van der Waals surface area contributed by atoms with E-state index < -0.39 is 5.97 Å². The lowest BCUT2D eigenvalue weighted by molar-refractivity contribution is -0.131. The average Bonchev–Trinajstić information content (AvgIpc) is 2.35. The minimum absolute atomic E-state index is 0.0156. The first-order valence-corrected chi connectivity index (χ1v) is 6.81. The number of aliphatic carboxylic acids is 1. The van der Waals surface area contributed by atoms with E-state index in [1.165, 1.54) is 6.08 Å². The van der Waals surface area contributed by atoms with Crippen LogP contribution in [0, 0.1) is 0 Å². The minimum atomic E-state index is -0.982. The molecule has 0 fully saturated rings. The maximum Gasteiger partial charge on any atom is 0.328 e.